The van der Waals surface area contributed by atoms with Gasteiger partial charge in [-0.15, -0.1) is 0 Å². The molecule has 1 unspecified atom stereocenters. The first-order chi connectivity index (χ1) is 7.65. The quantitative estimate of drug-likeness (QED) is 0.901. The number of benzene rings is 1. The van der Waals surface area contributed by atoms with Gasteiger partial charge >= 0.3 is 0 Å². The number of halogens is 2. The van der Waals surface area contributed by atoms with E-state index in [4.69, 9.17) is 4.74 Å². The van der Waals surface area contributed by atoms with Gasteiger partial charge in [-0.3, -0.25) is 0 Å². The average Bonchev–Trinajstić information content (AvgIpc) is 2.76. The fourth-order valence-corrected chi connectivity index (χ4v) is 2.83. The average molecular weight is 288 g/mol. The molecule has 0 amide bonds. The number of methoxy groups -OCH3 is 1. The molecule has 2 nitrogen and oxygen atoms in total. The van der Waals surface area contributed by atoms with Gasteiger partial charge in [0.2, 0.25) is 0 Å². The number of aryl methyl sites for hydroxylation is 1. The van der Waals surface area contributed by atoms with Crippen molar-refractivity contribution in [1.29, 1.82) is 0 Å². The first-order valence-electron chi connectivity index (χ1n) is 5.41. The molecule has 1 fully saturated rings. The molecule has 1 aliphatic rings. The molecule has 16 heavy (non-hydrogen) atoms. The standard InChI is InChI=1S/C12H15BrFNO/c1-7-6-8(13)11(14)10(12(7)16-2)9-4-3-5-15-9/h6,9,15H,3-5H2,1-2H3. The number of nitrogens with one attached hydrogen (secondary N) is 1. The van der Waals surface area contributed by atoms with Crippen molar-refractivity contribution in [2.45, 2.75) is 25.8 Å². The minimum absolute atomic E-state index is 0.0751. The Kier molecular flexibility index (Phi) is 3.50. The lowest BCUT2D eigenvalue weighted by Gasteiger charge is -2.18. The molecule has 1 N–H and O–H groups in total. The first kappa shape index (κ1) is 11.9. The van der Waals surface area contributed by atoms with E-state index in [-0.39, 0.29) is 11.9 Å². The van der Waals surface area contributed by atoms with E-state index in [2.05, 4.69) is 21.2 Å². The van der Waals surface area contributed by atoms with E-state index in [1.807, 2.05) is 6.92 Å². The monoisotopic (exact) mass is 287 g/mol. The van der Waals surface area contributed by atoms with Crippen molar-refractivity contribution in [2.24, 2.45) is 0 Å². The van der Waals surface area contributed by atoms with E-state index in [1.54, 1.807) is 13.2 Å². The van der Waals surface area contributed by atoms with Crippen LogP contribution in [0.2, 0.25) is 0 Å². The minimum atomic E-state index is -0.207. The third kappa shape index (κ3) is 1.96. The molecular formula is C12H15BrFNO. The zero-order valence-electron chi connectivity index (χ0n) is 9.44. The Morgan fingerprint density at radius 3 is 2.88 bits per heavy atom. The number of hydrogen-bond acceptors (Lipinski definition) is 2. The Labute approximate surface area is 103 Å². The summed E-state index contributed by atoms with van der Waals surface area (Å²) in [6.45, 7) is 2.88. The van der Waals surface area contributed by atoms with Gasteiger partial charge < -0.3 is 10.1 Å². The molecule has 1 saturated heterocycles. The highest BCUT2D eigenvalue weighted by Crippen LogP contribution is 2.38. The summed E-state index contributed by atoms with van der Waals surface area (Å²) in [4.78, 5) is 0. The summed E-state index contributed by atoms with van der Waals surface area (Å²) in [6, 6.07) is 1.83. The van der Waals surface area contributed by atoms with Crippen molar-refractivity contribution in [2.75, 3.05) is 13.7 Å². The third-order valence-corrected chi connectivity index (χ3v) is 3.58. The van der Waals surface area contributed by atoms with Gasteiger partial charge in [0, 0.05) is 11.6 Å². The summed E-state index contributed by atoms with van der Waals surface area (Å²) in [5.41, 5.74) is 1.62. The highest BCUT2D eigenvalue weighted by Gasteiger charge is 2.26. The van der Waals surface area contributed by atoms with Gasteiger partial charge in [0.05, 0.1) is 11.6 Å². The van der Waals surface area contributed by atoms with Crippen LogP contribution in [0.5, 0.6) is 5.75 Å². The smallest absolute Gasteiger partial charge is 0.145 e. The Morgan fingerprint density at radius 1 is 1.56 bits per heavy atom. The van der Waals surface area contributed by atoms with Crippen LogP contribution in [0.4, 0.5) is 4.39 Å². The lowest BCUT2D eigenvalue weighted by atomic mass is 10.0. The van der Waals surface area contributed by atoms with Gasteiger partial charge in [-0.2, -0.15) is 0 Å². The summed E-state index contributed by atoms with van der Waals surface area (Å²) in [5, 5.41) is 3.30. The van der Waals surface area contributed by atoms with Gasteiger partial charge in [0.25, 0.3) is 0 Å². The van der Waals surface area contributed by atoms with Gasteiger partial charge in [-0.25, -0.2) is 4.39 Å². The molecule has 88 valence electrons. The first-order valence-corrected chi connectivity index (χ1v) is 6.20. The molecule has 0 aromatic heterocycles. The maximum atomic E-state index is 14.1. The van der Waals surface area contributed by atoms with Crippen LogP contribution < -0.4 is 10.1 Å². The normalized spacial score (nSPS) is 20.1. The molecule has 4 heteroatoms. The lowest BCUT2D eigenvalue weighted by molar-refractivity contribution is 0.392. The molecular weight excluding hydrogens is 273 g/mol. The molecule has 0 radical (unpaired) electrons. The fourth-order valence-electron chi connectivity index (χ4n) is 2.27. The van der Waals surface area contributed by atoms with Crippen LogP contribution in [-0.2, 0) is 0 Å². The van der Waals surface area contributed by atoms with Gasteiger partial charge in [0.15, 0.2) is 0 Å². The second-order valence-electron chi connectivity index (χ2n) is 4.09. The highest BCUT2D eigenvalue weighted by molar-refractivity contribution is 9.10. The summed E-state index contributed by atoms with van der Waals surface area (Å²) >= 11 is 3.25. The number of hydrogen-bond donors (Lipinski definition) is 1. The predicted octanol–water partition coefficient (Wildman–Crippen LogP) is 3.33. The second-order valence-corrected chi connectivity index (χ2v) is 4.94. The van der Waals surface area contributed by atoms with Crippen LogP contribution in [0.1, 0.15) is 30.0 Å². The summed E-state index contributed by atoms with van der Waals surface area (Å²) in [6.07, 6.45) is 2.04. The molecule has 1 aromatic carbocycles. The zero-order valence-corrected chi connectivity index (χ0v) is 11.0. The zero-order chi connectivity index (χ0) is 11.7. The molecule has 1 aromatic rings. The second kappa shape index (κ2) is 4.72. The molecule has 1 aliphatic heterocycles. The SMILES string of the molecule is COc1c(C)cc(Br)c(F)c1C1CCCN1. The van der Waals surface area contributed by atoms with E-state index >= 15 is 0 Å². The summed E-state index contributed by atoms with van der Waals surface area (Å²) in [5.74, 6) is 0.460. The van der Waals surface area contributed by atoms with Crippen LogP contribution in [0.25, 0.3) is 0 Å². The minimum Gasteiger partial charge on any atom is -0.496 e. The third-order valence-electron chi connectivity index (χ3n) is 3.01. The maximum Gasteiger partial charge on any atom is 0.145 e. The van der Waals surface area contributed by atoms with Crippen LogP contribution >= 0.6 is 15.9 Å². The largest absolute Gasteiger partial charge is 0.496 e. The van der Waals surface area contributed by atoms with Crippen molar-refractivity contribution in [3.8, 4) is 5.75 Å². The Hall–Kier alpha value is -0.610. The number of rotatable bonds is 2. The Bertz CT molecular complexity index is 402. The molecule has 2 rings (SSSR count). The van der Waals surface area contributed by atoms with Crippen LogP contribution in [0.3, 0.4) is 0 Å². The van der Waals surface area contributed by atoms with Crippen LogP contribution in [0.15, 0.2) is 10.5 Å². The van der Waals surface area contributed by atoms with Crippen molar-refractivity contribution >= 4 is 15.9 Å². The van der Waals surface area contributed by atoms with E-state index < -0.39 is 0 Å². The van der Waals surface area contributed by atoms with Crippen molar-refractivity contribution in [3.05, 3.63) is 27.5 Å². The Morgan fingerprint density at radius 2 is 2.31 bits per heavy atom. The molecule has 0 aliphatic carbocycles. The lowest BCUT2D eigenvalue weighted by Crippen LogP contribution is -2.16. The molecule has 0 saturated carbocycles. The fraction of sp³-hybridized carbons (Fsp3) is 0.500. The maximum absolute atomic E-state index is 14.1. The predicted molar refractivity (Wildman–Crippen MR) is 65.4 cm³/mol. The summed E-state index contributed by atoms with van der Waals surface area (Å²) in [7, 11) is 1.59. The van der Waals surface area contributed by atoms with Gasteiger partial charge in [-0.05, 0) is 53.9 Å². The van der Waals surface area contributed by atoms with Gasteiger partial charge in [-0.1, -0.05) is 0 Å². The number of ether oxygens (including phenoxy) is 1. The van der Waals surface area contributed by atoms with Crippen LogP contribution in [-0.4, -0.2) is 13.7 Å². The molecule has 1 heterocycles. The highest BCUT2D eigenvalue weighted by atomic mass is 79.9. The van der Waals surface area contributed by atoms with Crippen LogP contribution in [0, 0.1) is 12.7 Å². The topological polar surface area (TPSA) is 21.3 Å². The van der Waals surface area contributed by atoms with Crippen molar-refractivity contribution in [1.82, 2.24) is 5.32 Å². The van der Waals surface area contributed by atoms with E-state index in [0.717, 1.165) is 24.9 Å². The summed E-state index contributed by atoms with van der Waals surface area (Å²) < 4.78 is 19.9. The van der Waals surface area contributed by atoms with Crippen molar-refractivity contribution < 1.29 is 9.13 Å². The Balaban J connectivity index is 2.54. The van der Waals surface area contributed by atoms with Gasteiger partial charge in [0.1, 0.15) is 11.6 Å². The van der Waals surface area contributed by atoms with E-state index in [1.165, 1.54) is 0 Å². The molecule has 0 spiro atoms. The molecule has 0 bridgehead atoms. The van der Waals surface area contributed by atoms with E-state index in [9.17, 15) is 4.39 Å². The molecule has 1 atom stereocenters. The van der Waals surface area contributed by atoms with E-state index in [0.29, 0.717) is 15.8 Å². The van der Waals surface area contributed by atoms with Crippen molar-refractivity contribution in [3.63, 3.8) is 0 Å².